The Morgan fingerprint density at radius 3 is 2.42 bits per heavy atom. The van der Waals surface area contributed by atoms with Crippen LogP contribution >= 0.6 is 11.3 Å². The normalized spacial score (nSPS) is 16.1. The Bertz CT molecular complexity index is 270. The number of aliphatic hydroxyl groups excluding tert-OH is 1. The van der Waals surface area contributed by atoms with Crippen LogP contribution in [0.15, 0.2) is 0 Å². The van der Waals surface area contributed by atoms with E-state index in [1.165, 1.54) is 0 Å². The summed E-state index contributed by atoms with van der Waals surface area (Å²) < 4.78 is 0. The summed E-state index contributed by atoms with van der Waals surface area (Å²) in [4.78, 5) is 5.27. The van der Waals surface area contributed by atoms with E-state index in [0.29, 0.717) is 0 Å². The fourth-order valence-corrected chi connectivity index (χ4v) is 1.93. The predicted molar refractivity (Wildman–Crippen MR) is 50.2 cm³/mol. The summed E-state index contributed by atoms with van der Waals surface area (Å²) in [5, 5.41) is 10.6. The van der Waals surface area contributed by atoms with E-state index in [1.807, 2.05) is 13.8 Å². The van der Waals surface area contributed by atoms with Gasteiger partial charge in [-0.05, 0) is 20.8 Å². The number of nitrogens with zero attached hydrogens (tertiary/aromatic N) is 1. The van der Waals surface area contributed by atoms with Crippen LogP contribution < -0.4 is 5.73 Å². The van der Waals surface area contributed by atoms with Crippen molar-refractivity contribution in [1.29, 1.82) is 0 Å². The summed E-state index contributed by atoms with van der Waals surface area (Å²) in [5.74, 6) is 0. The number of hydrogen-bond donors (Lipinski definition) is 2. The highest BCUT2D eigenvalue weighted by Gasteiger charge is 2.17. The summed E-state index contributed by atoms with van der Waals surface area (Å²) in [7, 11) is 0. The SMILES string of the molecule is Cc1nc(C(O)C(C)N)c(C)s1. The molecule has 3 N–H and O–H groups in total. The molecule has 1 aromatic rings. The number of aliphatic hydroxyl groups is 1. The van der Waals surface area contributed by atoms with Crippen LogP contribution in [0.4, 0.5) is 0 Å². The van der Waals surface area contributed by atoms with Crippen LogP contribution in [0.3, 0.4) is 0 Å². The van der Waals surface area contributed by atoms with Crippen molar-refractivity contribution in [3.8, 4) is 0 Å². The van der Waals surface area contributed by atoms with Crippen molar-refractivity contribution in [2.75, 3.05) is 0 Å². The van der Waals surface area contributed by atoms with E-state index in [-0.39, 0.29) is 6.04 Å². The van der Waals surface area contributed by atoms with Gasteiger partial charge >= 0.3 is 0 Å². The molecule has 0 aliphatic heterocycles. The van der Waals surface area contributed by atoms with Crippen molar-refractivity contribution in [1.82, 2.24) is 4.98 Å². The molecule has 0 bridgehead atoms. The van der Waals surface area contributed by atoms with Gasteiger partial charge in [-0.3, -0.25) is 0 Å². The first-order valence-electron chi connectivity index (χ1n) is 3.90. The molecular weight excluding hydrogens is 172 g/mol. The molecule has 0 saturated heterocycles. The Morgan fingerprint density at radius 2 is 2.08 bits per heavy atom. The molecule has 0 fully saturated rings. The van der Waals surface area contributed by atoms with Gasteiger partial charge in [0.1, 0.15) is 6.10 Å². The fraction of sp³-hybridized carbons (Fsp3) is 0.625. The van der Waals surface area contributed by atoms with Gasteiger partial charge in [0.15, 0.2) is 0 Å². The van der Waals surface area contributed by atoms with Crippen LogP contribution in [0.2, 0.25) is 0 Å². The molecular formula is C8H14N2OS. The van der Waals surface area contributed by atoms with Crippen LogP contribution in [0.5, 0.6) is 0 Å². The Labute approximate surface area is 76.3 Å². The van der Waals surface area contributed by atoms with Gasteiger partial charge < -0.3 is 10.8 Å². The fourth-order valence-electron chi connectivity index (χ4n) is 1.07. The predicted octanol–water partition coefficient (Wildman–Crippen LogP) is 1.14. The molecule has 0 aromatic carbocycles. The highest BCUT2D eigenvalue weighted by atomic mass is 32.1. The number of thiazole rings is 1. The summed E-state index contributed by atoms with van der Waals surface area (Å²) in [5.41, 5.74) is 6.29. The van der Waals surface area contributed by atoms with Gasteiger partial charge in [-0.2, -0.15) is 0 Å². The molecule has 0 amide bonds. The second-order valence-electron chi connectivity index (χ2n) is 2.98. The van der Waals surface area contributed by atoms with Crippen LogP contribution in [-0.2, 0) is 0 Å². The lowest BCUT2D eigenvalue weighted by atomic mass is 10.1. The number of hydrogen-bond acceptors (Lipinski definition) is 4. The van der Waals surface area contributed by atoms with E-state index >= 15 is 0 Å². The van der Waals surface area contributed by atoms with Crippen molar-refractivity contribution in [3.63, 3.8) is 0 Å². The summed E-state index contributed by atoms with van der Waals surface area (Å²) in [6.45, 7) is 5.65. The van der Waals surface area contributed by atoms with Gasteiger partial charge in [0.05, 0.1) is 10.7 Å². The lowest BCUT2D eigenvalue weighted by molar-refractivity contribution is 0.148. The number of rotatable bonds is 2. The summed E-state index contributed by atoms with van der Waals surface area (Å²) in [6, 6.07) is -0.259. The second kappa shape index (κ2) is 3.51. The summed E-state index contributed by atoms with van der Waals surface area (Å²) >= 11 is 1.59. The van der Waals surface area contributed by atoms with Gasteiger partial charge in [0.2, 0.25) is 0 Å². The van der Waals surface area contributed by atoms with Crippen LogP contribution in [-0.4, -0.2) is 16.1 Å². The second-order valence-corrected chi connectivity index (χ2v) is 4.39. The Kier molecular flexibility index (Phi) is 2.82. The largest absolute Gasteiger partial charge is 0.385 e. The first kappa shape index (κ1) is 9.64. The van der Waals surface area contributed by atoms with E-state index in [1.54, 1.807) is 18.3 Å². The van der Waals surface area contributed by atoms with Crippen LogP contribution in [0.1, 0.15) is 28.6 Å². The molecule has 0 aliphatic carbocycles. The Morgan fingerprint density at radius 1 is 1.50 bits per heavy atom. The first-order valence-corrected chi connectivity index (χ1v) is 4.71. The lowest BCUT2D eigenvalue weighted by Gasteiger charge is -2.12. The third-order valence-electron chi connectivity index (χ3n) is 1.72. The minimum Gasteiger partial charge on any atom is -0.385 e. The Hall–Kier alpha value is -0.450. The maximum absolute atomic E-state index is 9.61. The minimum absolute atomic E-state index is 0.259. The van der Waals surface area contributed by atoms with Gasteiger partial charge in [0, 0.05) is 10.9 Å². The van der Waals surface area contributed by atoms with E-state index in [4.69, 9.17) is 5.73 Å². The van der Waals surface area contributed by atoms with Crippen molar-refractivity contribution < 1.29 is 5.11 Å². The highest BCUT2D eigenvalue weighted by molar-refractivity contribution is 7.11. The van der Waals surface area contributed by atoms with Crippen molar-refractivity contribution in [3.05, 3.63) is 15.6 Å². The lowest BCUT2D eigenvalue weighted by Crippen LogP contribution is -2.25. The average Bonchev–Trinajstić information content (AvgIpc) is 2.28. The van der Waals surface area contributed by atoms with Gasteiger partial charge in [-0.15, -0.1) is 11.3 Å². The quantitative estimate of drug-likeness (QED) is 0.728. The zero-order valence-electron chi connectivity index (χ0n) is 7.53. The standard InChI is InChI=1S/C8H14N2OS/c1-4(9)8(11)7-5(2)12-6(3)10-7/h4,8,11H,9H2,1-3H3. The zero-order chi connectivity index (χ0) is 9.30. The van der Waals surface area contributed by atoms with Gasteiger partial charge in [-0.25, -0.2) is 4.98 Å². The van der Waals surface area contributed by atoms with E-state index < -0.39 is 6.10 Å². The molecule has 68 valence electrons. The van der Waals surface area contributed by atoms with Gasteiger partial charge in [-0.1, -0.05) is 0 Å². The Balaban J connectivity index is 2.94. The number of aromatic nitrogens is 1. The van der Waals surface area contributed by atoms with E-state index in [0.717, 1.165) is 15.6 Å². The monoisotopic (exact) mass is 186 g/mol. The third kappa shape index (κ3) is 1.83. The first-order chi connectivity index (χ1) is 5.52. The molecule has 0 spiro atoms. The highest BCUT2D eigenvalue weighted by Crippen LogP contribution is 2.23. The molecule has 1 aromatic heterocycles. The smallest absolute Gasteiger partial charge is 0.112 e. The van der Waals surface area contributed by atoms with Crippen LogP contribution in [0.25, 0.3) is 0 Å². The molecule has 3 nitrogen and oxygen atoms in total. The van der Waals surface area contributed by atoms with Crippen molar-refractivity contribution in [2.45, 2.75) is 32.9 Å². The number of aryl methyl sites for hydroxylation is 2. The molecule has 2 atom stereocenters. The number of nitrogens with two attached hydrogens (primary N) is 1. The molecule has 0 radical (unpaired) electrons. The molecule has 2 unspecified atom stereocenters. The average molecular weight is 186 g/mol. The molecule has 1 rings (SSSR count). The molecule has 12 heavy (non-hydrogen) atoms. The van der Waals surface area contributed by atoms with Gasteiger partial charge in [0.25, 0.3) is 0 Å². The maximum atomic E-state index is 9.61. The van der Waals surface area contributed by atoms with Crippen molar-refractivity contribution in [2.24, 2.45) is 5.73 Å². The maximum Gasteiger partial charge on any atom is 0.112 e. The molecule has 0 saturated carbocycles. The molecule has 1 heterocycles. The topological polar surface area (TPSA) is 59.1 Å². The molecule has 0 aliphatic rings. The summed E-state index contributed by atoms with van der Waals surface area (Å²) in [6.07, 6.45) is -0.630. The van der Waals surface area contributed by atoms with Crippen LogP contribution in [0, 0.1) is 13.8 Å². The zero-order valence-corrected chi connectivity index (χ0v) is 8.35. The van der Waals surface area contributed by atoms with E-state index in [9.17, 15) is 5.11 Å². The van der Waals surface area contributed by atoms with Crippen molar-refractivity contribution >= 4 is 11.3 Å². The molecule has 4 heteroatoms. The minimum atomic E-state index is -0.630. The third-order valence-corrected chi connectivity index (χ3v) is 2.62. The van der Waals surface area contributed by atoms with E-state index in [2.05, 4.69) is 4.98 Å².